The molecule has 7 heteroatoms. The number of rotatable bonds is 4. The first-order valence-corrected chi connectivity index (χ1v) is 8.65. The van der Waals surface area contributed by atoms with Gasteiger partial charge in [-0.3, -0.25) is 14.3 Å². The van der Waals surface area contributed by atoms with Crippen LogP contribution in [0.5, 0.6) is 5.88 Å². The second kappa shape index (κ2) is 7.97. The number of carbonyl (C=O) groups is 1. The Morgan fingerprint density at radius 3 is 2.38 bits per heavy atom. The van der Waals surface area contributed by atoms with Gasteiger partial charge in [-0.2, -0.15) is 0 Å². The third-order valence-electron chi connectivity index (χ3n) is 3.75. The van der Waals surface area contributed by atoms with Crippen molar-refractivity contribution in [1.29, 1.82) is 0 Å². The van der Waals surface area contributed by atoms with Gasteiger partial charge in [0.2, 0.25) is 5.88 Å². The predicted molar refractivity (Wildman–Crippen MR) is 103 cm³/mol. The third kappa shape index (κ3) is 4.00. The zero-order valence-corrected chi connectivity index (χ0v) is 15.6. The molecule has 6 nitrogen and oxygen atoms in total. The van der Waals surface area contributed by atoms with Gasteiger partial charge in [0.05, 0.1) is 6.54 Å². The highest BCUT2D eigenvalue weighted by Crippen LogP contribution is 2.20. The van der Waals surface area contributed by atoms with E-state index in [9.17, 15) is 9.59 Å². The number of aromatic nitrogens is 2. The largest absolute Gasteiger partial charge is 0.420 e. The van der Waals surface area contributed by atoms with Crippen molar-refractivity contribution >= 4 is 27.7 Å². The van der Waals surface area contributed by atoms with Gasteiger partial charge in [0.15, 0.2) is 0 Å². The fourth-order valence-electron chi connectivity index (χ4n) is 2.32. The topological polar surface area (TPSA) is 64.4 Å². The van der Waals surface area contributed by atoms with Crippen molar-refractivity contribution in [2.45, 2.75) is 6.54 Å². The molecule has 0 N–H and O–H groups in total. The van der Waals surface area contributed by atoms with Gasteiger partial charge in [-0.05, 0) is 33.6 Å². The van der Waals surface area contributed by atoms with E-state index in [1.54, 1.807) is 19.2 Å². The average molecular weight is 414 g/mol. The molecule has 1 amide bonds. The molecule has 0 aliphatic heterocycles. The number of benzene rings is 2. The molecule has 0 aliphatic carbocycles. The number of anilines is 1. The Hall–Kier alpha value is -2.93. The molecule has 0 fully saturated rings. The van der Waals surface area contributed by atoms with E-state index in [2.05, 4.69) is 20.9 Å². The molecule has 0 saturated heterocycles. The molecule has 0 saturated carbocycles. The molecular formula is C19H16BrN3O3. The van der Waals surface area contributed by atoms with Gasteiger partial charge < -0.3 is 4.74 Å². The highest BCUT2D eigenvalue weighted by atomic mass is 79.9. The first-order chi connectivity index (χ1) is 12.6. The second-order valence-corrected chi connectivity index (χ2v) is 6.34. The average Bonchev–Trinajstić information content (AvgIpc) is 2.68. The summed E-state index contributed by atoms with van der Waals surface area (Å²) < 4.78 is 6.81. The van der Waals surface area contributed by atoms with Crippen molar-refractivity contribution in [3.8, 4) is 5.88 Å². The summed E-state index contributed by atoms with van der Waals surface area (Å²) in [5, 5.41) is 0. The van der Waals surface area contributed by atoms with Crippen molar-refractivity contribution < 1.29 is 9.53 Å². The van der Waals surface area contributed by atoms with Gasteiger partial charge >= 0.3 is 6.09 Å². The quantitative estimate of drug-likeness (QED) is 0.654. The molecule has 0 atom stereocenters. The highest BCUT2D eigenvalue weighted by Gasteiger charge is 2.18. The minimum absolute atomic E-state index is 0.0629. The summed E-state index contributed by atoms with van der Waals surface area (Å²) in [6.07, 6.45) is 0.732. The summed E-state index contributed by atoms with van der Waals surface area (Å²) in [6.45, 7) is 0.378. The molecule has 3 aromatic rings. The standard InChI is InChI=1S/C19H16BrN3O3/c1-22(15-10-6-3-7-11-15)19(25)26-17-16(20)18(24)23(13-21-17)12-14-8-4-2-5-9-14/h2-11,13H,12H2,1H3. The third-order valence-corrected chi connectivity index (χ3v) is 4.43. The molecule has 1 aromatic heterocycles. The first-order valence-electron chi connectivity index (χ1n) is 7.85. The van der Waals surface area contributed by atoms with Crippen LogP contribution in [0.3, 0.4) is 0 Å². The molecule has 3 rings (SSSR count). The molecule has 0 aliphatic rings. The van der Waals surface area contributed by atoms with Crippen molar-refractivity contribution in [3.63, 3.8) is 0 Å². The Bertz CT molecular complexity index is 959. The van der Waals surface area contributed by atoms with Crippen LogP contribution in [-0.2, 0) is 6.54 Å². The van der Waals surface area contributed by atoms with E-state index >= 15 is 0 Å². The van der Waals surface area contributed by atoms with Crippen LogP contribution in [0.15, 0.2) is 76.3 Å². The molecule has 1 heterocycles. The molecule has 0 bridgehead atoms. The molecule has 0 radical (unpaired) electrons. The van der Waals surface area contributed by atoms with E-state index in [1.807, 2.05) is 48.5 Å². The Kier molecular flexibility index (Phi) is 5.48. The van der Waals surface area contributed by atoms with Crippen LogP contribution in [0.1, 0.15) is 5.56 Å². The van der Waals surface area contributed by atoms with Crippen molar-refractivity contribution in [1.82, 2.24) is 9.55 Å². The van der Waals surface area contributed by atoms with E-state index in [1.165, 1.54) is 15.8 Å². The fourth-order valence-corrected chi connectivity index (χ4v) is 2.73. The van der Waals surface area contributed by atoms with Crippen LogP contribution in [-0.4, -0.2) is 22.7 Å². The van der Waals surface area contributed by atoms with E-state index in [0.717, 1.165) is 5.56 Å². The molecule has 0 spiro atoms. The molecular weight excluding hydrogens is 398 g/mol. The summed E-state index contributed by atoms with van der Waals surface area (Å²) in [4.78, 5) is 30.2. The lowest BCUT2D eigenvalue weighted by molar-refractivity contribution is 0.206. The maximum atomic E-state index is 12.5. The minimum atomic E-state index is -0.635. The maximum Gasteiger partial charge on any atom is 0.420 e. The van der Waals surface area contributed by atoms with Crippen LogP contribution in [0.4, 0.5) is 10.5 Å². The van der Waals surface area contributed by atoms with E-state index < -0.39 is 6.09 Å². The zero-order valence-electron chi connectivity index (χ0n) is 14.0. The smallest absolute Gasteiger partial charge is 0.389 e. The van der Waals surface area contributed by atoms with Gasteiger partial charge in [0, 0.05) is 12.7 Å². The van der Waals surface area contributed by atoms with Gasteiger partial charge in [0.25, 0.3) is 5.56 Å². The molecule has 132 valence electrons. The Labute approximate surface area is 158 Å². The Balaban J connectivity index is 1.78. The summed E-state index contributed by atoms with van der Waals surface area (Å²) in [6, 6.07) is 18.6. The number of ether oxygens (including phenoxy) is 1. The molecule has 2 aromatic carbocycles. The normalized spacial score (nSPS) is 10.4. The van der Waals surface area contributed by atoms with Crippen LogP contribution < -0.4 is 15.2 Å². The lowest BCUT2D eigenvalue weighted by atomic mass is 10.2. The van der Waals surface area contributed by atoms with E-state index in [4.69, 9.17) is 4.74 Å². The van der Waals surface area contributed by atoms with E-state index in [0.29, 0.717) is 12.2 Å². The minimum Gasteiger partial charge on any atom is -0.389 e. The number of halogens is 1. The highest BCUT2D eigenvalue weighted by molar-refractivity contribution is 9.10. The predicted octanol–water partition coefficient (Wildman–Crippen LogP) is 3.69. The summed E-state index contributed by atoms with van der Waals surface area (Å²) in [5.74, 6) is -0.0629. The van der Waals surface area contributed by atoms with Crippen molar-refractivity contribution in [3.05, 3.63) is 87.4 Å². The summed E-state index contributed by atoms with van der Waals surface area (Å²) >= 11 is 3.19. The van der Waals surface area contributed by atoms with Crippen molar-refractivity contribution in [2.24, 2.45) is 0 Å². The first kappa shape index (κ1) is 17.9. The Morgan fingerprint density at radius 1 is 1.12 bits per heavy atom. The van der Waals surface area contributed by atoms with Crippen molar-refractivity contribution in [2.75, 3.05) is 11.9 Å². The zero-order chi connectivity index (χ0) is 18.5. The number of hydrogen-bond acceptors (Lipinski definition) is 4. The number of para-hydroxylation sites is 1. The van der Waals surface area contributed by atoms with Crippen LogP contribution in [0, 0.1) is 0 Å². The fraction of sp³-hybridized carbons (Fsp3) is 0.105. The number of carbonyl (C=O) groups excluding carboxylic acids is 1. The second-order valence-electron chi connectivity index (χ2n) is 5.54. The maximum absolute atomic E-state index is 12.5. The molecule has 26 heavy (non-hydrogen) atoms. The van der Waals surface area contributed by atoms with E-state index in [-0.39, 0.29) is 15.9 Å². The summed E-state index contributed by atoms with van der Waals surface area (Å²) in [7, 11) is 1.59. The van der Waals surface area contributed by atoms with Gasteiger partial charge in [-0.25, -0.2) is 9.78 Å². The lowest BCUT2D eigenvalue weighted by Gasteiger charge is -2.17. The SMILES string of the molecule is CN(C(=O)Oc1ncn(Cc2ccccc2)c(=O)c1Br)c1ccccc1. The Morgan fingerprint density at radius 2 is 1.73 bits per heavy atom. The van der Waals surface area contributed by atoms with Crippen LogP contribution >= 0.6 is 15.9 Å². The van der Waals surface area contributed by atoms with Crippen LogP contribution in [0.2, 0.25) is 0 Å². The number of hydrogen-bond donors (Lipinski definition) is 0. The molecule has 0 unspecified atom stereocenters. The number of nitrogens with zero attached hydrogens (tertiary/aromatic N) is 3. The van der Waals surface area contributed by atoms with Gasteiger partial charge in [0.1, 0.15) is 10.8 Å². The number of amides is 1. The lowest BCUT2D eigenvalue weighted by Crippen LogP contribution is -2.31. The summed E-state index contributed by atoms with van der Waals surface area (Å²) in [5.41, 5.74) is 1.32. The van der Waals surface area contributed by atoms with Crippen LogP contribution in [0.25, 0.3) is 0 Å². The van der Waals surface area contributed by atoms with Gasteiger partial charge in [-0.15, -0.1) is 0 Å². The monoisotopic (exact) mass is 413 g/mol. The van der Waals surface area contributed by atoms with Gasteiger partial charge in [-0.1, -0.05) is 48.5 Å².